The van der Waals surface area contributed by atoms with Crippen LogP contribution in [0.5, 0.6) is 0 Å². The van der Waals surface area contributed by atoms with E-state index >= 15 is 0 Å². The first-order valence-corrected chi connectivity index (χ1v) is 9.21. The molecule has 1 aromatic heterocycles. The minimum absolute atomic E-state index is 0.00683. The molecule has 2 aliphatic heterocycles. The van der Waals surface area contributed by atoms with Crippen molar-refractivity contribution in [3.05, 3.63) is 16.3 Å². The Morgan fingerprint density at radius 3 is 2.77 bits per heavy atom. The molecule has 2 aliphatic rings. The lowest BCUT2D eigenvalue weighted by Gasteiger charge is -2.48. The molecule has 144 valence electrons. The maximum absolute atomic E-state index is 12.6. The summed E-state index contributed by atoms with van der Waals surface area (Å²) in [5.41, 5.74) is -0.405. The number of carbonyl (C=O) groups excluding carboxylic acids is 2. The second-order valence-corrected chi connectivity index (χ2v) is 7.84. The molecule has 2 N–H and O–H groups in total. The van der Waals surface area contributed by atoms with Crippen molar-refractivity contribution in [2.24, 2.45) is 5.41 Å². The quantitative estimate of drug-likeness (QED) is 0.728. The Kier molecular flexibility index (Phi) is 5.45. The molecule has 9 heteroatoms. The summed E-state index contributed by atoms with van der Waals surface area (Å²) in [6.45, 7) is 3.70. The summed E-state index contributed by atoms with van der Waals surface area (Å²) >= 11 is 0. The minimum atomic E-state index is -0.398. The Labute approximate surface area is 152 Å². The molecule has 0 aliphatic carbocycles. The Morgan fingerprint density at radius 1 is 1.27 bits per heavy atom. The Balaban J connectivity index is 1.63. The summed E-state index contributed by atoms with van der Waals surface area (Å²) in [4.78, 5) is 44.5. The highest BCUT2D eigenvalue weighted by atomic mass is 16.2. The number of aromatic nitrogens is 3. The molecule has 1 spiro atoms. The normalized spacial score (nSPS) is 23.9. The van der Waals surface area contributed by atoms with E-state index in [1.807, 2.05) is 23.9 Å². The first-order chi connectivity index (χ1) is 12.4. The lowest BCUT2D eigenvalue weighted by atomic mass is 9.73. The highest BCUT2D eigenvalue weighted by Crippen LogP contribution is 2.38. The molecule has 26 heavy (non-hydrogen) atoms. The molecule has 0 radical (unpaired) electrons. The standard InChI is InChI=1S/C17H28N6O3/c1-21(2)8-9-23-12-17(6-4-14(23)24)5-3-7-22(11-17)15(25)10-13-18-16(26)20-19-13/h3-12H2,1-2H3,(H2,18,19,20,26)/t17-/m1/s1. The molecular formula is C17H28N6O3. The van der Waals surface area contributed by atoms with Gasteiger partial charge in [0.05, 0.1) is 6.42 Å². The van der Waals surface area contributed by atoms with E-state index in [0.29, 0.717) is 18.8 Å². The molecule has 2 saturated heterocycles. The lowest BCUT2D eigenvalue weighted by molar-refractivity contribution is -0.142. The Hall–Kier alpha value is -2.16. The highest BCUT2D eigenvalue weighted by molar-refractivity contribution is 5.79. The molecule has 0 saturated carbocycles. The molecule has 0 unspecified atom stereocenters. The van der Waals surface area contributed by atoms with Crippen molar-refractivity contribution < 1.29 is 9.59 Å². The number of hydrogen-bond acceptors (Lipinski definition) is 5. The second kappa shape index (κ2) is 7.61. The van der Waals surface area contributed by atoms with E-state index in [1.165, 1.54) is 0 Å². The van der Waals surface area contributed by atoms with Crippen molar-refractivity contribution in [3.63, 3.8) is 0 Å². The third-order valence-electron chi connectivity index (χ3n) is 5.45. The summed E-state index contributed by atoms with van der Waals surface area (Å²) in [7, 11) is 4.01. The van der Waals surface area contributed by atoms with E-state index in [9.17, 15) is 14.4 Å². The maximum Gasteiger partial charge on any atom is 0.340 e. The monoisotopic (exact) mass is 364 g/mol. The van der Waals surface area contributed by atoms with Gasteiger partial charge in [0.15, 0.2) is 0 Å². The predicted octanol–water partition coefficient (Wildman–Crippen LogP) is -0.567. The first-order valence-electron chi connectivity index (χ1n) is 9.21. The number of nitrogens with one attached hydrogen (secondary N) is 2. The fraction of sp³-hybridized carbons (Fsp3) is 0.765. The van der Waals surface area contributed by atoms with Crippen LogP contribution >= 0.6 is 0 Å². The number of rotatable bonds is 5. The van der Waals surface area contributed by atoms with Crippen LogP contribution in [0, 0.1) is 5.41 Å². The topological polar surface area (TPSA) is 105 Å². The molecule has 9 nitrogen and oxygen atoms in total. The average Bonchev–Trinajstić information content (AvgIpc) is 3.01. The third kappa shape index (κ3) is 4.32. The van der Waals surface area contributed by atoms with Crippen LogP contribution in [0.3, 0.4) is 0 Å². The SMILES string of the molecule is CN(C)CCN1C[C@]2(CCCN(C(=O)Cc3n[nH]c(=O)[nH]3)C2)CCC1=O. The summed E-state index contributed by atoms with van der Waals surface area (Å²) in [6.07, 6.45) is 3.48. The number of nitrogens with zero attached hydrogens (tertiary/aromatic N) is 4. The molecule has 1 aromatic rings. The zero-order valence-corrected chi connectivity index (χ0v) is 15.6. The average molecular weight is 364 g/mol. The van der Waals surface area contributed by atoms with Gasteiger partial charge in [-0.15, -0.1) is 0 Å². The zero-order valence-electron chi connectivity index (χ0n) is 15.6. The molecule has 0 bridgehead atoms. The molecule has 2 amide bonds. The highest BCUT2D eigenvalue weighted by Gasteiger charge is 2.42. The maximum atomic E-state index is 12.6. The van der Waals surface area contributed by atoms with Crippen LogP contribution in [-0.2, 0) is 16.0 Å². The van der Waals surface area contributed by atoms with Gasteiger partial charge in [0.1, 0.15) is 5.82 Å². The molecule has 1 atom stereocenters. The minimum Gasteiger partial charge on any atom is -0.342 e. The van der Waals surface area contributed by atoms with Crippen molar-refractivity contribution in [1.29, 1.82) is 0 Å². The van der Waals surface area contributed by atoms with Crippen molar-refractivity contribution in [2.75, 3.05) is 46.8 Å². The number of likely N-dealkylation sites (tertiary alicyclic amines) is 2. The van der Waals surface area contributed by atoms with Crippen LogP contribution in [0.25, 0.3) is 0 Å². The van der Waals surface area contributed by atoms with Gasteiger partial charge in [-0.05, 0) is 33.4 Å². The lowest BCUT2D eigenvalue weighted by Crippen LogP contribution is -2.56. The summed E-state index contributed by atoms with van der Waals surface area (Å²) < 4.78 is 0. The van der Waals surface area contributed by atoms with Crippen LogP contribution in [0.2, 0.25) is 0 Å². The van der Waals surface area contributed by atoms with E-state index in [4.69, 9.17) is 0 Å². The number of piperidine rings is 2. The zero-order chi connectivity index (χ0) is 18.7. The second-order valence-electron chi connectivity index (χ2n) is 7.84. The number of likely N-dealkylation sites (N-methyl/N-ethyl adjacent to an activating group) is 1. The molecule has 0 aromatic carbocycles. The van der Waals surface area contributed by atoms with Crippen LogP contribution in [0.4, 0.5) is 0 Å². The van der Waals surface area contributed by atoms with Gasteiger partial charge in [-0.25, -0.2) is 9.89 Å². The van der Waals surface area contributed by atoms with Crippen LogP contribution < -0.4 is 5.69 Å². The van der Waals surface area contributed by atoms with Crippen LogP contribution in [-0.4, -0.2) is 88.5 Å². The van der Waals surface area contributed by atoms with E-state index in [0.717, 1.165) is 45.4 Å². The van der Waals surface area contributed by atoms with Gasteiger partial charge in [-0.1, -0.05) is 0 Å². The van der Waals surface area contributed by atoms with Crippen molar-refractivity contribution in [3.8, 4) is 0 Å². The van der Waals surface area contributed by atoms with Gasteiger partial charge >= 0.3 is 5.69 Å². The predicted molar refractivity (Wildman–Crippen MR) is 95.5 cm³/mol. The number of aromatic amines is 2. The van der Waals surface area contributed by atoms with Crippen molar-refractivity contribution >= 4 is 11.8 Å². The Morgan fingerprint density at radius 2 is 2.08 bits per heavy atom. The van der Waals surface area contributed by atoms with E-state index in [2.05, 4.69) is 20.1 Å². The fourth-order valence-corrected chi connectivity index (χ4v) is 4.02. The van der Waals surface area contributed by atoms with Crippen LogP contribution in [0.1, 0.15) is 31.5 Å². The molecular weight excluding hydrogens is 336 g/mol. The fourth-order valence-electron chi connectivity index (χ4n) is 4.02. The number of hydrogen-bond donors (Lipinski definition) is 2. The number of carbonyl (C=O) groups is 2. The van der Waals surface area contributed by atoms with Gasteiger partial charge in [-0.3, -0.25) is 14.6 Å². The van der Waals surface area contributed by atoms with E-state index in [-0.39, 0.29) is 23.7 Å². The molecule has 2 fully saturated rings. The van der Waals surface area contributed by atoms with Gasteiger partial charge in [0.25, 0.3) is 0 Å². The number of H-pyrrole nitrogens is 2. The van der Waals surface area contributed by atoms with Gasteiger partial charge in [0.2, 0.25) is 11.8 Å². The third-order valence-corrected chi connectivity index (χ3v) is 5.45. The van der Waals surface area contributed by atoms with Gasteiger partial charge in [-0.2, -0.15) is 5.10 Å². The summed E-state index contributed by atoms with van der Waals surface area (Å²) in [5.74, 6) is 0.560. The smallest absolute Gasteiger partial charge is 0.340 e. The van der Waals surface area contributed by atoms with Gasteiger partial charge in [0, 0.05) is 44.6 Å². The van der Waals surface area contributed by atoms with Gasteiger partial charge < -0.3 is 14.7 Å². The summed E-state index contributed by atoms with van der Waals surface area (Å²) in [6, 6.07) is 0. The van der Waals surface area contributed by atoms with E-state index < -0.39 is 5.69 Å². The molecule has 3 heterocycles. The van der Waals surface area contributed by atoms with Crippen molar-refractivity contribution in [2.45, 2.75) is 32.1 Å². The van der Waals surface area contributed by atoms with E-state index in [1.54, 1.807) is 0 Å². The Bertz CT molecular complexity index is 711. The summed E-state index contributed by atoms with van der Waals surface area (Å²) in [5, 5.41) is 6.11. The molecule has 3 rings (SSSR count). The number of amides is 2. The van der Waals surface area contributed by atoms with Crippen LogP contribution in [0.15, 0.2) is 4.79 Å². The largest absolute Gasteiger partial charge is 0.342 e. The first kappa shape index (κ1) is 18.6. The van der Waals surface area contributed by atoms with Crippen molar-refractivity contribution in [1.82, 2.24) is 29.9 Å².